The zero-order chi connectivity index (χ0) is 21.1. The smallest absolute Gasteiger partial charge is 0.266 e. The summed E-state index contributed by atoms with van der Waals surface area (Å²) in [6, 6.07) is 15.8. The molecule has 0 saturated carbocycles. The predicted octanol–water partition coefficient (Wildman–Crippen LogP) is 4.96. The number of carbonyl (C=O) groups excluding carboxylic acids is 1. The lowest BCUT2D eigenvalue weighted by molar-refractivity contribution is -0.112. The molecule has 0 spiro atoms. The van der Waals surface area contributed by atoms with Crippen LogP contribution in [0.1, 0.15) is 33.6 Å². The van der Waals surface area contributed by atoms with Gasteiger partial charge in [-0.05, 0) is 64.0 Å². The number of nitriles is 1. The molecule has 5 nitrogen and oxygen atoms in total. The number of aromatic nitrogens is 2. The molecule has 29 heavy (non-hydrogen) atoms. The molecule has 0 aliphatic carbocycles. The number of aryl methyl sites for hydroxylation is 4. The molecule has 0 fully saturated rings. The average molecular weight is 384 g/mol. The van der Waals surface area contributed by atoms with Gasteiger partial charge in [0.15, 0.2) is 0 Å². The fourth-order valence-corrected chi connectivity index (χ4v) is 3.54. The lowest BCUT2D eigenvalue weighted by atomic mass is 10.0. The SMILES string of the molecule is Cc1cc(C)c(NC(=O)/C(C#N)=C/c2c(C)nn(-c3ccccc3)c2C)c(C)c1. The van der Waals surface area contributed by atoms with Crippen LogP contribution in [0.25, 0.3) is 11.8 Å². The molecule has 146 valence electrons. The van der Waals surface area contributed by atoms with Gasteiger partial charge in [0.25, 0.3) is 5.91 Å². The van der Waals surface area contributed by atoms with Gasteiger partial charge in [-0.15, -0.1) is 0 Å². The topological polar surface area (TPSA) is 70.7 Å². The van der Waals surface area contributed by atoms with Gasteiger partial charge in [-0.25, -0.2) is 4.68 Å². The van der Waals surface area contributed by atoms with E-state index in [1.54, 1.807) is 6.08 Å². The molecule has 2 aromatic carbocycles. The minimum Gasteiger partial charge on any atom is -0.321 e. The molecule has 3 rings (SSSR count). The largest absolute Gasteiger partial charge is 0.321 e. The van der Waals surface area contributed by atoms with Gasteiger partial charge in [-0.2, -0.15) is 10.4 Å². The highest BCUT2D eigenvalue weighted by atomic mass is 16.1. The number of rotatable bonds is 4. The van der Waals surface area contributed by atoms with Gasteiger partial charge in [-0.3, -0.25) is 4.79 Å². The fraction of sp³-hybridized carbons (Fsp3) is 0.208. The molecular formula is C24H24N4O. The van der Waals surface area contributed by atoms with Crippen LogP contribution in [-0.2, 0) is 4.79 Å². The summed E-state index contributed by atoms with van der Waals surface area (Å²) in [5.74, 6) is -0.422. The first-order valence-corrected chi connectivity index (χ1v) is 9.44. The summed E-state index contributed by atoms with van der Waals surface area (Å²) >= 11 is 0. The third-order valence-corrected chi connectivity index (χ3v) is 4.92. The summed E-state index contributed by atoms with van der Waals surface area (Å²) in [4.78, 5) is 12.8. The molecule has 1 aromatic heterocycles. The molecule has 5 heteroatoms. The maximum atomic E-state index is 12.8. The highest BCUT2D eigenvalue weighted by Crippen LogP contribution is 2.24. The molecular weight excluding hydrogens is 360 g/mol. The summed E-state index contributed by atoms with van der Waals surface area (Å²) in [5.41, 5.74) is 7.20. The maximum absolute atomic E-state index is 12.8. The number of nitrogens with one attached hydrogen (secondary N) is 1. The second kappa shape index (κ2) is 8.15. The van der Waals surface area contributed by atoms with Crippen molar-refractivity contribution in [1.29, 1.82) is 5.26 Å². The standard InChI is InChI=1S/C24H24N4O/c1-15-11-16(2)23(17(3)12-15)26-24(29)20(14-25)13-22-18(4)27-28(19(22)5)21-9-7-6-8-10-21/h6-13H,1-5H3,(H,26,29)/b20-13+. The van der Waals surface area contributed by atoms with E-state index in [-0.39, 0.29) is 5.57 Å². The van der Waals surface area contributed by atoms with Crippen molar-refractivity contribution in [2.45, 2.75) is 34.6 Å². The van der Waals surface area contributed by atoms with E-state index in [2.05, 4.69) is 10.4 Å². The van der Waals surface area contributed by atoms with E-state index >= 15 is 0 Å². The van der Waals surface area contributed by atoms with Crippen molar-refractivity contribution in [1.82, 2.24) is 9.78 Å². The molecule has 0 aliphatic rings. The van der Waals surface area contributed by atoms with E-state index < -0.39 is 5.91 Å². The average Bonchev–Trinajstić information content (AvgIpc) is 2.97. The Hall–Kier alpha value is -3.65. The van der Waals surface area contributed by atoms with Crippen molar-refractivity contribution < 1.29 is 4.79 Å². The Balaban J connectivity index is 1.96. The van der Waals surface area contributed by atoms with Crippen LogP contribution in [0.3, 0.4) is 0 Å². The number of para-hydroxylation sites is 1. The number of benzene rings is 2. The minimum atomic E-state index is -0.422. The second-order valence-corrected chi connectivity index (χ2v) is 7.23. The molecule has 3 aromatic rings. The Morgan fingerprint density at radius 3 is 2.28 bits per heavy atom. The molecule has 0 atom stereocenters. The van der Waals surface area contributed by atoms with Gasteiger partial charge in [0.1, 0.15) is 11.6 Å². The number of amides is 1. The van der Waals surface area contributed by atoms with E-state index in [1.807, 2.05) is 87.8 Å². The molecule has 1 N–H and O–H groups in total. The lowest BCUT2D eigenvalue weighted by Gasteiger charge is -2.12. The number of carbonyl (C=O) groups is 1. The van der Waals surface area contributed by atoms with Crippen LogP contribution >= 0.6 is 0 Å². The summed E-state index contributed by atoms with van der Waals surface area (Å²) < 4.78 is 1.82. The molecule has 1 amide bonds. The van der Waals surface area contributed by atoms with Crippen molar-refractivity contribution in [3.63, 3.8) is 0 Å². The normalized spacial score (nSPS) is 11.2. The highest BCUT2D eigenvalue weighted by Gasteiger charge is 2.17. The molecule has 0 unspecified atom stereocenters. The summed E-state index contributed by atoms with van der Waals surface area (Å²) in [6.45, 7) is 9.72. The first-order valence-electron chi connectivity index (χ1n) is 9.44. The van der Waals surface area contributed by atoms with E-state index in [0.717, 1.165) is 45.0 Å². The molecule has 0 radical (unpaired) electrons. The summed E-state index contributed by atoms with van der Waals surface area (Å²) in [6.07, 6.45) is 1.62. The Morgan fingerprint density at radius 2 is 1.69 bits per heavy atom. The fourth-order valence-electron chi connectivity index (χ4n) is 3.54. The highest BCUT2D eigenvalue weighted by molar-refractivity contribution is 6.10. The number of hydrogen-bond donors (Lipinski definition) is 1. The zero-order valence-electron chi connectivity index (χ0n) is 17.4. The number of hydrogen-bond acceptors (Lipinski definition) is 3. The van der Waals surface area contributed by atoms with Crippen molar-refractivity contribution in [2.24, 2.45) is 0 Å². The van der Waals surface area contributed by atoms with Gasteiger partial charge >= 0.3 is 0 Å². The van der Waals surface area contributed by atoms with E-state index in [1.165, 1.54) is 0 Å². The van der Waals surface area contributed by atoms with E-state index in [4.69, 9.17) is 0 Å². The van der Waals surface area contributed by atoms with Crippen LogP contribution in [0.5, 0.6) is 0 Å². The van der Waals surface area contributed by atoms with Crippen LogP contribution in [0.2, 0.25) is 0 Å². The zero-order valence-corrected chi connectivity index (χ0v) is 17.4. The first kappa shape index (κ1) is 20.1. The minimum absolute atomic E-state index is 0.0446. The quantitative estimate of drug-likeness (QED) is 0.510. The van der Waals surface area contributed by atoms with Crippen LogP contribution < -0.4 is 5.32 Å². The van der Waals surface area contributed by atoms with Crippen molar-refractivity contribution in [3.05, 3.63) is 81.7 Å². The van der Waals surface area contributed by atoms with Crippen LogP contribution in [0.15, 0.2) is 48.0 Å². The third kappa shape index (κ3) is 4.12. The Morgan fingerprint density at radius 1 is 1.07 bits per heavy atom. The van der Waals surface area contributed by atoms with E-state index in [9.17, 15) is 10.1 Å². The second-order valence-electron chi connectivity index (χ2n) is 7.23. The van der Waals surface area contributed by atoms with Gasteiger partial charge in [0, 0.05) is 16.9 Å². The van der Waals surface area contributed by atoms with Gasteiger partial charge < -0.3 is 5.32 Å². The van der Waals surface area contributed by atoms with Crippen LogP contribution in [0, 0.1) is 45.9 Å². The molecule has 0 bridgehead atoms. The molecule has 1 heterocycles. The van der Waals surface area contributed by atoms with Crippen LogP contribution in [0.4, 0.5) is 5.69 Å². The monoisotopic (exact) mass is 384 g/mol. The first-order chi connectivity index (χ1) is 13.8. The lowest BCUT2D eigenvalue weighted by Crippen LogP contribution is -2.15. The van der Waals surface area contributed by atoms with Crippen LogP contribution in [-0.4, -0.2) is 15.7 Å². The Bertz CT molecular complexity index is 1120. The number of anilines is 1. The molecule has 0 saturated heterocycles. The Labute approximate surface area is 171 Å². The summed E-state index contributed by atoms with van der Waals surface area (Å²) in [5, 5.41) is 17.1. The van der Waals surface area contributed by atoms with Crippen molar-refractivity contribution >= 4 is 17.7 Å². The maximum Gasteiger partial charge on any atom is 0.266 e. The third-order valence-electron chi connectivity index (χ3n) is 4.92. The van der Waals surface area contributed by atoms with Crippen molar-refractivity contribution in [3.8, 4) is 11.8 Å². The van der Waals surface area contributed by atoms with Gasteiger partial charge in [0.05, 0.1) is 11.4 Å². The van der Waals surface area contributed by atoms with Gasteiger partial charge in [0.2, 0.25) is 0 Å². The predicted molar refractivity (Wildman–Crippen MR) is 116 cm³/mol. The van der Waals surface area contributed by atoms with Crippen molar-refractivity contribution in [2.75, 3.05) is 5.32 Å². The summed E-state index contributed by atoms with van der Waals surface area (Å²) in [7, 11) is 0. The van der Waals surface area contributed by atoms with Gasteiger partial charge in [-0.1, -0.05) is 35.9 Å². The molecule has 0 aliphatic heterocycles. The number of nitrogens with zero attached hydrogens (tertiary/aromatic N) is 3. The Kier molecular flexibility index (Phi) is 5.65. The van der Waals surface area contributed by atoms with E-state index in [0.29, 0.717) is 0 Å².